The van der Waals surface area contributed by atoms with E-state index in [9.17, 15) is 38.8 Å². The molecule has 0 bridgehead atoms. The maximum absolute atomic E-state index is 16.0. The molecule has 21 nitrogen and oxygen atoms in total. The number of nitriles is 1. The summed E-state index contributed by atoms with van der Waals surface area (Å²) in [5.41, 5.74) is -1.23. The van der Waals surface area contributed by atoms with E-state index < -0.39 is 136 Å². The average Bonchev–Trinajstić information content (AvgIpc) is 0.827. The van der Waals surface area contributed by atoms with Crippen LogP contribution >= 0.6 is 19.6 Å². The van der Waals surface area contributed by atoms with Crippen molar-refractivity contribution in [3.63, 3.8) is 0 Å². The number of phosphoric acid groups is 1. The number of hydrogen-bond donors (Lipinski definition) is 0. The molecule has 0 radical (unpaired) electrons. The van der Waals surface area contributed by atoms with Crippen molar-refractivity contribution >= 4 is 61.4 Å². The van der Waals surface area contributed by atoms with Gasteiger partial charge in [-0.05, 0) is 97.1 Å². The highest BCUT2D eigenvalue weighted by atomic mass is 32.2. The molecule has 0 amide bonds. The Balaban J connectivity index is 1.08. The van der Waals surface area contributed by atoms with Gasteiger partial charge in [0.05, 0.1) is 64.6 Å². The van der Waals surface area contributed by atoms with Crippen LogP contribution in [0.5, 0.6) is 0 Å². The number of carbonyl (C=O) groups excluding carboxylic acids is 7. The van der Waals surface area contributed by atoms with Gasteiger partial charge < -0.3 is 42.6 Å². The SMILES string of the molecule is N#CCCOP(=O)(OC[C@H]1O[C@H](Sc2ccccc2)[C@@H](OC(=O)c2ccccc2)[C@@H](OC(=O)c2ccccc2)[C@@H]1OC(=O)c1ccccc1)O[C@H]1O[C@H](COC(=O)c2ccccc2)[C@@H](OC(=O)c2ccccc2)[C@H](OC(=O)c2ccccc2)[C@@H]1OC(=O)c1ccccc1. The molecular weight excluding hydrogens is 1240 g/mol. The molecule has 2 aliphatic heterocycles. The molecule has 10 rings (SSSR count). The second-order valence-corrected chi connectivity index (χ2v) is 23.3. The molecule has 8 aromatic carbocycles. The highest BCUT2D eigenvalue weighted by Crippen LogP contribution is 2.53. The fraction of sp³-hybridized carbons (Fsp3) is 0.200. The van der Waals surface area contributed by atoms with Gasteiger partial charge in [0, 0.05) is 4.90 Å². The van der Waals surface area contributed by atoms with E-state index >= 15 is 4.57 Å². The minimum Gasteiger partial charge on any atom is -0.459 e. The fourth-order valence-corrected chi connectivity index (χ4v) is 12.0. The topological polar surface area (TPSA) is 271 Å². The van der Waals surface area contributed by atoms with E-state index in [1.807, 2.05) is 6.07 Å². The first-order valence-electron chi connectivity index (χ1n) is 29.1. The Kier molecular flexibility index (Phi) is 22.9. The first-order valence-corrected chi connectivity index (χ1v) is 31.4. The molecular formula is C70H58NO20PS. The van der Waals surface area contributed by atoms with Crippen LogP contribution in [0.25, 0.3) is 0 Å². The summed E-state index contributed by atoms with van der Waals surface area (Å²) in [6.07, 6.45) is -17.5. The standard InChI is InChI=1S/C70H58NO20PS/c71-42-25-43-81-92(79,82-45-55-57(86-64(74)48-30-13-3-14-31-48)59(88-66(76)50-34-17-5-18-35-50)61(90-68(78)52-38-21-7-22-39-52)70(84-55)93-53-40-23-8-24-41-53)91-69-60(89-67(77)51-36-19-6-20-37-51)58(87-65(75)49-32-15-4-16-33-49)56(85-63(73)47-28-11-2-12-29-47)54(83-69)44-80-62(72)46-26-9-1-10-27-46/h1-24,26-41,54-61,69-70H,25,43-45H2/t54-,55-,56-,57-,58+,59+,60+,61+,69-,70-,92?/m1/s1. The number of carbonyl (C=O) groups is 7. The number of esters is 7. The Labute approximate surface area is 537 Å². The molecule has 474 valence electrons. The maximum Gasteiger partial charge on any atom is 0.477 e. The van der Waals surface area contributed by atoms with Crippen molar-refractivity contribution in [2.75, 3.05) is 19.8 Å². The molecule has 8 aromatic rings. The van der Waals surface area contributed by atoms with Gasteiger partial charge in [-0.3, -0.25) is 13.6 Å². The first-order chi connectivity index (χ1) is 45.3. The molecule has 0 aromatic heterocycles. The second kappa shape index (κ2) is 32.3. The number of thioether (sulfide) groups is 1. The number of hydrogen-bond acceptors (Lipinski definition) is 22. The van der Waals surface area contributed by atoms with Crippen molar-refractivity contribution in [3.8, 4) is 6.07 Å². The highest BCUT2D eigenvalue weighted by molar-refractivity contribution is 7.99. The lowest BCUT2D eigenvalue weighted by Gasteiger charge is -2.45. The number of ether oxygens (including phenoxy) is 9. The Morgan fingerprint density at radius 2 is 0.688 bits per heavy atom. The molecule has 0 spiro atoms. The van der Waals surface area contributed by atoms with Gasteiger partial charge in [0.1, 0.15) is 24.3 Å². The van der Waals surface area contributed by atoms with Crippen LogP contribution < -0.4 is 0 Å². The van der Waals surface area contributed by atoms with Gasteiger partial charge in [-0.25, -0.2) is 38.1 Å². The monoisotopic (exact) mass is 1300 g/mol. The molecule has 0 saturated carbocycles. The summed E-state index contributed by atoms with van der Waals surface area (Å²) >= 11 is 1.02. The summed E-state index contributed by atoms with van der Waals surface area (Å²) in [6.45, 7) is -2.50. The third-order valence-corrected chi connectivity index (χ3v) is 16.8. The van der Waals surface area contributed by atoms with Crippen LogP contribution in [0.2, 0.25) is 0 Å². The van der Waals surface area contributed by atoms with Crippen molar-refractivity contribution < 1.29 is 94.3 Å². The lowest BCUT2D eigenvalue weighted by Crippen LogP contribution is -2.63. The molecule has 1 unspecified atom stereocenters. The zero-order valence-electron chi connectivity index (χ0n) is 49.2. The van der Waals surface area contributed by atoms with Gasteiger partial charge in [-0.2, -0.15) is 5.26 Å². The van der Waals surface area contributed by atoms with Gasteiger partial charge in [-0.15, -0.1) is 0 Å². The summed E-state index contributed by atoms with van der Waals surface area (Å²) in [6, 6.07) is 64.4. The largest absolute Gasteiger partial charge is 0.477 e. The predicted molar refractivity (Wildman–Crippen MR) is 331 cm³/mol. The van der Waals surface area contributed by atoms with Crippen molar-refractivity contribution in [1.82, 2.24) is 0 Å². The van der Waals surface area contributed by atoms with Crippen molar-refractivity contribution in [1.29, 1.82) is 5.26 Å². The number of benzene rings is 8. The second-order valence-electron chi connectivity index (χ2n) is 20.5. The van der Waals surface area contributed by atoms with Crippen LogP contribution in [-0.4, -0.2) is 122 Å². The van der Waals surface area contributed by atoms with Crippen LogP contribution in [0.3, 0.4) is 0 Å². The molecule has 2 heterocycles. The van der Waals surface area contributed by atoms with Crippen molar-refractivity contribution in [2.24, 2.45) is 0 Å². The van der Waals surface area contributed by atoms with Gasteiger partial charge >= 0.3 is 49.6 Å². The molecule has 0 N–H and O–H groups in total. The van der Waals surface area contributed by atoms with Crippen LogP contribution in [0.4, 0.5) is 0 Å². The summed E-state index contributed by atoms with van der Waals surface area (Å²) in [5, 5.41) is 9.83. The summed E-state index contributed by atoms with van der Waals surface area (Å²) in [7, 11) is -5.48. The van der Waals surface area contributed by atoms with E-state index in [2.05, 4.69) is 0 Å². The Hall–Kier alpha value is -10.1. The fourth-order valence-electron chi connectivity index (χ4n) is 9.65. The summed E-state index contributed by atoms with van der Waals surface area (Å²) in [4.78, 5) is 101. The zero-order chi connectivity index (χ0) is 64.9. The predicted octanol–water partition coefficient (Wildman–Crippen LogP) is 11.5. The minimum atomic E-state index is -5.48. The molecule has 93 heavy (non-hydrogen) atoms. The summed E-state index contributed by atoms with van der Waals surface area (Å²) in [5.74, 6) is -6.88. The summed E-state index contributed by atoms with van der Waals surface area (Å²) < 4.78 is 91.0. The van der Waals surface area contributed by atoms with Crippen molar-refractivity contribution in [3.05, 3.63) is 282 Å². The van der Waals surface area contributed by atoms with Crippen molar-refractivity contribution in [2.45, 2.75) is 71.9 Å². The van der Waals surface area contributed by atoms with E-state index in [0.29, 0.717) is 4.90 Å². The lowest BCUT2D eigenvalue weighted by atomic mass is 9.97. The molecule has 2 aliphatic rings. The van der Waals surface area contributed by atoms with E-state index in [4.69, 9.17) is 56.2 Å². The Bertz CT molecular complexity index is 3900. The van der Waals surface area contributed by atoms with E-state index in [0.717, 1.165) is 11.8 Å². The zero-order valence-corrected chi connectivity index (χ0v) is 50.9. The van der Waals surface area contributed by atoms with Crippen LogP contribution in [-0.2, 0) is 60.8 Å². The maximum atomic E-state index is 16.0. The number of nitrogens with zero attached hydrogens (tertiary/aromatic N) is 1. The van der Waals surface area contributed by atoms with Gasteiger partial charge in [0.15, 0.2) is 36.6 Å². The Morgan fingerprint density at radius 3 is 1.06 bits per heavy atom. The van der Waals surface area contributed by atoms with E-state index in [1.165, 1.54) is 97.1 Å². The highest BCUT2D eigenvalue weighted by Gasteiger charge is 2.57. The number of phosphoric ester groups is 1. The minimum absolute atomic E-state index is 0.00510. The van der Waals surface area contributed by atoms with Gasteiger partial charge in [-0.1, -0.05) is 157 Å². The van der Waals surface area contributed by atoms with Gasteiger partial charge in [0.2, 0.25) is 6.29 Å². The van der Waals surface area contributed by atoms with E-state index in [-0.39, 0.29) is 38.9 Å². The molecule has 2 fully saturated rings. The molecule has 2 saturated heterocycles. The van der Waals surface area contributed by atoms with Crippen LogP contribution in [0.15, 0.2) is 248 Å². The third kappa shape index (κ3) is 17.7. The first kappa shape index (κ1) is 65.9. The molecule has 23 heteroatoms. The van der Waals surface area contributed by atoms with Crippen LogP contribution in [0.1, 0.15) is 78.9 Å². The molecule has 11 atom stereocenters. The molecule has 0 aliphatic carbocycles. The average molecular weight is 1300 g/mol. The van der Waals surface area contributed by atoms with E-state index in [1.54, 1.807) is 146 Å². The third-order valence-electron chi connectivity index (χ3n) is 14.2. The quantitative estimate of drug-likeness (QED) is 0.0223. The normalized spacial score (nSPS) is 21.4. The number of rotatable bonds is 25. The lowest BCUT2D eigenvalue weighted by molar-refractivity contribution is -0.280. The smallest absolute Gasteiger partial charge is 0.459 e. The van der Waals surface area contributed by atoms with Crippen LogP contribution in [0, 0.1) is 11.3 Å². The van der Waals surface area contributed by atoms with Gasteiger partial charge in [0.25, 0.3) is 0 Å². The Morgan fingerprint density at radius 1 is 0.376 bits per heavy atom.